The lowest BCUT2D eigenvalue weighted by atomic mass is 10.2. The van der Waals surface area contributed by atoms with Gasteiger partial charge in [0, 0.05) is 15.7 Å². The van der Waals surface area contributed by atoms with Crippen LogP contribution in [0.3, 0.4) is 0 Å². The minimum atomic E-state index is -4.49. The van der Waals surface area contributed by atoms with Crippen molar-refractivity contribution in [2.45, 2.75) is 10.5 Å². The second-order valence-electron chi connectivity index (χ2n) is 5.75. The Kier molecular flexibility index (Phi) is 7.10. The molecule has 0 radical (unpaired) electrons. The van der Waals surface area contributed by atoms with E-state index in [0.29, 0.717) is 9.90 Å². The summed E-state index contributed by atoms with van der Waals surface area (Å²) in [6, 6.07) is 11.2. The first kappa shape index (κ1) is 22.2. The van der Waals surface area contributed by atoms with Gasteiger partial charge in [0.1, 0.15) is 0 Å². The maximum absolute atomic E-state index is 12.7. The fourth-order valence-corrected chi connectivity index (χ4v) is 4.16. The van der Waals surface area contributed by atoms with Crippen LogP contribution < -0.4 is 10.6 Å². The number of hydrogen-bond donors (Lipinski definition) is 2. The molecule has 1 aromatic heterocycles. The molecule has 2 aromatic carbocycles. The molecule has 0 unspecified atom stereocenters. The number of anilines is 2. The summed E-state index contributed by atoms with van der Waals surface area (Å²) in [4.78, 5) is 24.2. The number of nitrogens with one attached hydrogen (secondary N) is 2. The molecule has 0 atom stereocenters. The number of rotatable bonds is 6. The van der Waals surface area contributed by atoms with Crippen LogP contribution in [0.25, 0.3) is 0 Å². The lowest BCUT2D eigenvalue weighted by Crippen LogP contribution is -2.15. The van der Waals surface area contributed by atoms with Gasteiger partial charge in [0.15, 0.2) is 4.34 Å². The van der Waals surface area contributed by atoms with E-state index in [2.05, 4.69) is 36.8 Å². The van der Waals surface area contributed by atoms with Crippen LogP contribution in [0.1, 0.15) is 15.9 Å². The fraction of sp³-hybridized carbons (Fsp3) is 0.111. The molecular weight excluding hydrogens is 505 g/mol. The number of aromatic nitrogens is 2. The van der Waals surface area contributed by atoms with Gasteiger partial charge in [-0.2, -0.15) is 13.2 Å². The summed E-state index contributed by atoms with van der Waals surface area (Å²) >= 11 is 5.43. The molecule has 6 nitrogen and oxygen atoms in total. The average Bonchev–Trinajstić information content (AvgIpc) is 3.13. The molecule has 0 saturated carbocycles. The van der Waals surface area contributed by atoms with Crippen molar-refractivity contribution in [2.24, 2.45) is 0 Å². The highest BCUT2D eigenvalue weighted by Crippen LogP contribution is 2.31. The first-order chi connectivity index (χ1) is 14.2. The van der Waals surface area contributed by atoms with Gasteiger partial charge in [0.25, 0.3) is 5.91 Å². The van der Waals surface area contributed by atoms with Gasteiger partial charge in [0.05, 0.1) is 11.3 Å². The third kappa shape index (κ3) is 6.28. The standard InChI is InChI=1S/C18H12BrF3N4O2S2/c19-12-5-1-3-10(7-12)15(28)24-16-25-26-17(30-16)29-9-14(27)23-13-6-2-4-11(8-13)18(20,21)22/h1-8H,9H2,(H,23,27)(H,24,25,28). The van der Waals surface area contributed by atoms with Crippen molar-refractivity contribution in [3.8, 4) is 0 Å². The molecule has 30 heavy (non-hydrogen) atoms. The predicted octanol–water partition coefficient (Wildman–Crippen LogP) is 5.30. The van der Waals surface area contributed by atoms with Gasteiger partial charge >= 0.3 is 6.18 Å². The first-order valence-electron chi connectivity index (χ1n) is 8.21. The highest BCUT2D eigenvalue weighted by Gasteiger charge is 2.30. The van der Waals surface area contributed by atoms with Gasteiger partial charge in [-0.1, -0.05) is 51.2 Å². The zero-order valence-corrected chi connectivity index (χ0v) is 18.1. The summed E-state index contributed by atoms with van der Waals surface area (Å²) in [5, 5.41) is 13.0. The molecule has 3 rings (SSSR count). The van der Waals surface area contributed by atoms with E-state index >= 15 is 0 Å². The summed E-state index contributed by atoms with van der Waals surface area (Å²) in [6.45, 7) is 0. The van der Waals surface area contributed by atoms with Crippen molar-refractivity contribution >= 4 is 61.7 Å². The minimum absolute atomic E-state index is 0.0506. The molecule has 3 aromatic rings. The number of nitrogens with zero attached hydrogens (tertiary/aromatic N) is 2. The first-order valence-corrected chi connectivity index (χ1v) is 10.8. The molecule has 2 N–H and O–H groups in total. The van der Waals surface area contributed by atoms with E-state index in [-0.39, 0.29) is 22.5 Å². The molecule has 2 amide bonds. The molecule has 0 bridgehead atoms. The molecule has 156 valence electrons. The van der Waals surface area contributed by atoms with E-state index in [1.807, 2.05) is 0 Å². The molecule has 0 aliphatic rings. The highest BCUT2D eigenvalue weighted by molar-refractivity contribution is 9.10. The number of halogens is 4. The van der Waals surface area contributed by atoms with Crippen LogP contribution in [0.2, 0.25) is 0 Å². The van der Waals surface area contributed by atoms with Crippen LogP contribution in [0, 0.1) is 0 Å². The number of amides is 2. The number of benzene rings is 2. The van der Waals surface area contributed by atoms with E-state index in [9.17, 15) is 22.8 Å². The van der Waals surface area contributed by atoms with Crippen LogP contribution in [-0.4, -0.2) is 27.8 Å². The molecule has 0 saturated heterocycles. The average molecular weight is 517 g/mol. The van der Waals surface area contributed by atoms with Gasteiger partial charge in [-0.3, -0.25) is 14.9 Å². The van der Waals surface area contributed by atoms with Gasteiger partial charge in [-0.15, -0.1) is 10.2 Å². The molecule has 1 heterocycles. The lowest BCUT2D eigenvalue weighted by molar-refractivity contribution is -0.137. The molecule has 0 aliphatic carbocycles. The fourth-order valence-electron chi connectivity index (χ4n) is 2.22. The number of carbonyl (C=O) groups excluding carboxylic acids is 2. The summed E-state index contributed by atoms with van der Waals surface area (Å²) < 4.78 is 39.4. The maximum Gasteiger partial charge on any atom is 0.416 e. The second-order valence-corrected chi connectivity index (χ2v) is 8.87. The zero-order chi connectivity index (χ0) is 21.7. The molecule has 12 heteroatoms. The van der Waals surface area contributed by atoms with Gasteiger partial charge in [0.2, 0.25) is 11.0 Å². The molecular formula is C18H12BrF3N4O2S2. The van der Waals surface area contributed by atoms with E-state index in [0.717, 1.165) is 39.7 Å². The van der Waals surface area contributed by atoms with Crippen molar-refractivity contribution in [3.63, 3.8) is 0 Å². The van der Waals surface area contributed by atoms with Crippen molar-refractivity contribution < 1.29 is 22.8 Å². The number of carbonyl (C=O) groups is 2. The van der Waals surface area contributed by atoms with Crippen molar-refractivity contribution in [1.29, 1.82) is 0 Å². The van der Waals surface area contributed by atoms with Crippen LogP contribution >= 0.6 is 39.0 Å². The Hall–Kier alpha value is -2.44. The third-order valence-corrected chi connectivity index (χ3v) is 5.98. The van der Waals surface area contributed by atoms with Crippen LogP contribution in [0.4, 0.5) is 24.0 Å². The second kappa shape index (κ2) is 9.58. The largest absolute Gasteiger partial charge is 0.416 e. The topological polar surface area (TPSA) is 84.0 Å². The van der Waals surface area contributed by atoms with Gasteiger partial charge in [-0.25, -0.2) is 0 Å². The quantitative estimate of drug-likeness (QED) is 0.343. The smallest absolute Gasteiger partial charge is 0.325 e. The van der Waals surface area contributed by atoms with E-state index < -0.39 is 17.6 Å². The normalized spacial score (nSPS) is 11.2. The molecule has 0 spiro atoms. The monoisotopic (exact) mass is 516 g/mol. The van der Waals surface area contributed by atoms with Gasteiger partial charge in [-0.05, 0) is 36.4 Å². The Morgan fingerprint density at radius 2 is 1.83 bits per heavy atom. The lowest BCUT2D eigenvalue weighted by Gasteiger charge is -2.09. The molecule has 0 fully saturated rings. The van der Waals surface area contributed by atoms with E-state index in [1.165, 1.54) is 12.1 Å². The molecule has 0 aliphatic heterocycles. The Labute approximate surface area is 185 Å². The maximum atomic E-state index is 12.7. The van der Waals surface area contributed by atoms with E-state index in [4.69, 9.17) is 0 Å². The Bertz CT molecular complexity index is 1080. The summed E-state index contributed by atoms with van der Waals surface area (Å²) in [5.74, 6) is -0.926. The van der Waals surface area contributed by atoms with Crippen LogP contribution in [-0.2, 0) is 11.0 Å². The summed E-state index contributed by atoms with van der Waals surface area (Å²) in [6.07, 6.45) is -4.49. The number of thioether (sulfide) groups is 1. The minimum Gasteiger partial charge on any atom is -0.325 e. The Morgan fingerprint density at radius 1 is 1.07 bits per heavy atom. The summed E-state index contributed by atoms with van der Waals surface area (Å²) in [7, 11) is 0. The Morgan fingerprint density at radius 3 is 2.57 bits per heavy atom. The van der Waals surface area contributed by atoms with Crippen molar-refractivity contribution in [1.82, 2.24) is 10.2 Å². The van der Waals surface area contributed by atoms with Crippen LogP contribution in [0.5, 0.6) is 0 Å². The summed E-state index contributed by atoms with van der Waals surface area (Å²) in [5.41, 5.74) is -0.355. The highest BCUT2D eigenvalue weighted by atomic mass is 79.9. The number of hydrogen-bond acceptors (Lipinski definition) is 6. The van der Waals surface area contributed by atoms with Crippen LogP contribution in [0.15, 0.2) is 57.3 Å². The SMILES string of the molecule is O=C(CSc1nnc(NC(=O)c2cccc(Br)c2)s1)Nc1cccc(C(F)(F)F)c1. The van der Waals surface area contributed by atoms with Crippen molar-refractivity contribution in [3.05, 3.63) is 64.1 Å². The van der Waals surface area contributed by atoms with E-state index in [1.54, 1.807) is 24.3 Å². The Balaban J connectivity index is 1.53. The van der Waals surface area contributed by atoms with Crippen molar-refractivity contribution in [2.75, 3.05) is 16.4 Å². The third-order valence-electron chi connectivity index (χ3n) is 3.51. The van der Waals surface area contributed by atoms with Gasteiger partial charge < -0.3 is 5.32 Å². The number of alkyl halides is 3. The predicted molar refractivity (Wildman–Crippen MR) is 113 cm³/mol. The zero-order valence-electron chi connectivity index (χ0n) is 14.9.